The van der Waals surface area contributed by atoms with E-state index < -0.39 is 9.54 Å². The van der Waals surface area contributed by atoms with E-state index in [0.717, 1.165) is 0 Å². The van der Waals surface area contributed by atoms with Gasteiger partial charge in [0.15, 0.2) is 0 Å². The standard InChI is InChI=1S/ClH2NOS2/c1-2-5(3)4/h5H,(H,2,3,4). The number of thiol groups is 1. The van der Waals surface area contributed by atoms with E-state index in [4.69, 9.17) is 11.8 Å². The molecule has 1 N–H and O–H groups in total. The topological polar surface area (TPSA) is 29.1 Å². The summed E-state index contributed by atoms with van der Waals surface area (Å²) < 4.78 is 11.4. The van der Waals surface area contributed by atoms with Crippen molar-refractivity contribution in [2.24, 2.45) is 0 Å². The maximum atomic E-state index is 9.53. The number of hydrogen-bond donors (Lipinski definition) is 2. The molecule has 32 valence electrons. The molecule has 1 atom stereocenters. The zero-order valence-electron chi connectivity index (χ0n) is 2.14. The van der Waals surface area contributed by atoms with Crippen LogP contribution in [0, 0.1) is 0 Å². The second kappa shape index (κ2) is 2.84. The van der Waals surface area contributed by atoms with Crippen LogP contribution in [0.1, 0.15) is 0 Å². The molecule has 0 aromatic carbocycles. The van der Waals surface area contributed by atoms with Crippen LogP contribution in [-0.2, 0) is 20.7 Å². The van der Waals surface area contributed by atoms with Crippen molar-refractivity contribution in [1.29, 1.82) is 0 Å². The third-order valence-electron chi connectivity index (χ3n) is 0.0690. The van der Waals surface area contributed by atoms with E-state index >= 15 is 0 Å². The molecule has 0 rings (SSSR count). The molecule has 5 heteroatoms. The summed E-state index contributed by atoms with van der Waals surface area (Å²) in [5, 5.41) is 0. The second-order valence-electron chi connectivity index (χ2n) is 0.342. The largest absolute Gasteiger partial charge is 0.243 e. The highest BCUT2D eigenvalue weighted by molar-refractivity contribution is 8.21. The highest BCUT2D eigenvalue weighted by Gasteiger charge is 1.58. The van der Waals surface area contributed by atoms with Crippen LogP contribution in [0.15, 0.2) is 0 Å². The van der Waals surface area contributed by atoms with Crippen molar-refractivity contribution < 1.29 is 4.21 Å². The highest BCUT2D eigenvalue weighted by Crippen LogP contribution is 1.54. The van der Waals surface area contributed by atoms with Crippen LogP contribution in [0.25, 0.3) is 0 Å². The van der Waals surface area contributed by atoms with Crippen molar-refractivity contribution in [3.8, 4) is 0 Å². The second-order valence-corrected chi connectivity index (χ2v) is 2.53. The first-order chi connectivity index (χ1) is 2.27. The molecule has 0 spiro atoms. The van der Waals surface area contributed by atoms with Crippen LogP contribution in [0.3, 0.4) is 0 Å². The van der Waals surface area contributed by atoms with E-state index in [1.165, 1.54) is 0 Å². The van der Waals surface area contributed by atoms with Gasteiger partial charge >= 0.3 is 0 Å². The van der Waals surface area contributed by atoms with Crippen LogP contribution >= 0.6 is 11.8 Å². The van der Waals surface area contributed by atoms with E-state index in [2.05, 4.69) is 11.2 Å². The van der Waals surface area contributed by atoms with Gasteiger partial charge in [0.1, 0.15) is 0 Å². The van der Waals surface area contributed by atoms with Gasteiger partial charge in [0.25, 0.3) is 0 Å². The molecule has 0 heterocycles. The predicted octanol–water partition coefficient (Wildman–Crippen LogP) is -0.412. The molecule has 0 amide bonds. The van der Waals surface area contributed by atoms with Gasteiger partial charge in [-0.3, -0.25) is 0 Å². The predicted molar refractivity (Wildman–Crippen MR) is 25.9 cm³/mol. The SMILES string of the molecule is O=[SH](=S)NCl. The fourth-order valence-corrected chi connectivity index (χ4v) is 0. The van der Waals surface area contributed by atoms with Crippen LogP contribution in [0.4, 0.5) is 0 Å². The van der Waals surface area contributed by atoms with Gasteiger partial charge in [0.05, 0.1) is 9.54 Å². The number of rotatable bonds is 1. The van der Waals surface area contributed by atoms with Crippen molar-refractivity contribution in [2.45, 2.75) is 0 Å². The molecule has 0 aliphatic carbocycles. The Labute approximate surface area is 41.5 Å². The average molecular weight is 132 g/mol. The molecule has 1 unspecified atom stereocenters. The first-order valence-electron chi connectivity index (χ1n) is 0.778. The maximum Gasteiger partial charge on any atom is 0.0921 e. The lowest BCUT2D eigenvalue weighted by molar-refractivity contribution is 0.692. The van der Waals surface area contributed by atoms with Gasteiger partial charge in [0.2, 0.25) is 0 Å². The van der Waals surface area contributed by atoms with Crippen molar-refractivity contribution in [2.75, 3.05) is 0 Å². The van der Waals surface area contributed by atoms with Gasteiger partial charge in [-0.05, 0) is 23.0 Å². The van der Waals surface area contributed by atoms with Crippen LogP contribution in [0.2, 0.25) is 0 Å². The summed E-state index contributed by atoms with van der Waals surface area (Å²) in [7, 11) is -1.75. The molecule has 0 aliphatic heterocycles. The Kier molecular flexibility index (Phi) is 3.19. The maximum absolute atomic E-state index is 9.53. The van der Waals surface area contributed by atoms with Crippen molar-refractivity contribution in [1.82, 2.24) is 4.24 Å². The van der Waals surface area contributed by atoms with Gasteiger partial charge < -0.3 is 0 Å². The molecule has 0 aliphatic rings. The van der Waals surface area contributed by atoms with Crippen molar-refractivity contribution in [3.63, 3.8) is 0 Å². The van der Waals surface area contributed by atoms with E-state index in [0.29, 0.717) is 0 Å². The van der Waals surface area contributed by atoms with Gasteiger partial charge in [-0.2, -0.15) is 4.24 Å². The Morgan fingerprint density at radius 3 is 2.20 bits per heavy atom. The summed E-state index contributed by atoms with van der Waals surface area (Å²) in [4.78, 5) is 0. The van der Waals surface area contributed by atoms with Gasteiger partial charge in [-0.1, -0.05) is 0 Å². The molecule has 0 saturated carbocycles. The third-order valence-corrected chi connectivity index (χ3v) is 1.24. The Balaban J connectivity index is 3.23. The lowest BCUT2D eigenvalue weighted by atomic mass is 13.9. The Bertz CT molecular complexity index is 67.7. The quantitative estimate of drug-likeness (QED) is 0.374. The average Bonchev–Trinajstić information content (AvgIpc) is 1.38. The molecule has 0 bridgehead atoms. The minimum Gasteiger partial charge on any atom is -0.243 e. The smallest absolute Gasteiger partial charge is 0.0921 e. The van der Waals surface area contributed by atoms with E-state index in [-0.39, 0.29) is 0 Å². The van der Waals surface area contributed by atoms with Crippen LogP contribution in [-0.4, -0.2) is 4.21 Å². The van der Waals surface area contributed by atoms with Gasteiger partial charge in [-0.25, -0.2) is 4.21 Å². The molecule has 0 saturated heterocycles. The monoisotopic (exact) mass is 131 g/mol. The molecule has 0 aromatic heterocycles. The number of hydrogen-bond acceptors (Lipinski definition) is 2. The summed E-state index contributed by atoms with van der Waals surface area (Å²) in [6, 6.07) is 0. The fourth-order valence-electron chi connectivity index (χ4n) is 0. The third kappa shape index (κ3) is 4.62. The molecule has 0 fully saturated rings. The Hall–Kier alpha value is 0.620. The van der Waals surface area contributed by atoms with Crippen molar-refractivity contribution in [3.05, 3.63) is 0 Å². The van der Waals surface area contributed by atoms with Crippen LogP contribution in [0.5, 0.6) is 0 Å². The number of halogens is 1. The van der Waals surface area contributed by atoms with E-state index in [1.807, 2.05) is 4.24 Å². The summed E-state index contributed by atoms with van der Waals surface area (Å²) >= 11 is 8.74. The lowest BCUT2D eigenvalue weighted by Gasteiger charge is -1.66. The first kappa shape index (κ1) is 5.62. The fraction of sp³-hybridized carbons (Fsp3) is 0. The minimum absolute atomic E-state index is 1.75. The van der Waals surface area contributed by atoms with Gasteiger partial charge in [-0.15, -0.1) is 0 Å². The summed E-state index contributed by atoms with van der Waals surface area (Å²) in [6.07, 6.45) is 0. The first-order valence-corrected chi connectivity index (χ1v) is 3.43. The molecule has 0 radical (unpaired) electrons. The Morgan fingerprint density at radius 2 is 2.20 bits per heavy atom. The van der Waals surface area contributed by atoms with Gasteiger partial charge in [0, 0.05) is 0 Å². The molecular weight excluding hydrogens is 130 g/mol. The van der Waals surface area contributed by atoms with E-state index in [1.54, 1.807) is 0 Å². The lowest BCUT2D eigenvalue weighted by Crippen LogP contribution is -1.88. The van der Waals surface area contributed by atoms with Crippen molar-refractivity contribution >= 4 is 32.5 Å². The van der Waals surface area contributed by atoms with E-state index in [9.17, 15) is 4.21 Å². The zero-order valence-corrected chi connectivity index (χ0v) is 4.61. The molecule has 0 aromatic rings. The number of nitrogens with one attached hydrogen (secondary N) is 1. The molecule has 2 nitrogen and oxygen atoms in total. The summed E-state index contributed by atoms with van der Waals surface area (Å²) in [5.41, 5.74) is 0. The normalized spacial score (nSPS) is 14.6. The summed E-state index contributed by atoms with van der Waals surface area (Å²) in [5.74, 6) is 0. The highest BCUT2D eigenvalue weighted by atomic mass is 35.5. The zero-order chi connectivity index (χ0) is 4.28. The van der Waals surface area contributed by atoms with Crippen LogP contribution < -0.4 is 4.24 Å². The molecular formula is H2ClNOS2. The Morgan fingerprint density at radius 1 is 2.00 bits per heavy atom. The summed E-state index contributed by atoms with van der Waals surface area (Å²) in [6.45, 7) is 0. The minimum atomic E-state index is -1.75. The molecule has 5 heavy (non-hydrogen) atoms.